The molecule has 5 heteroatoms. The van der Waals surface area contributed by atoms with Gasteiger partial charge < -0.3 is 14.2 Å². The van der Waals surface area contributed by atoms with E-state index in [0.29, 0.717) is 11.3 Å². The molecule has 3 rings (SSSR count). The van der Waals surface area contributed by atoms with Crippen LogP contribution in [0.5, 0.6) is 17.2 Å². The Labute approximate surface area is 384 Å². The molecule has 348 valence electrons. The molecular weight excluding hydrogens is 777 g/mol. The van der Waals surface area contributed by atoms with Crippen LogP contribution in [0.25, 0.3) is 12.2 Å². The first-order valence-corrected chi connectivity index (χ1v) is 25.8. The summed E-state index contributed by atoms with van der Waals surface area (Å²) < 4.78 is 17.4. The number of hydrogen-bond acceptors (Lipinski definition) is 5. The van der Waals surface area contributed by atoms with Gasteiger partial charge in [-0.2, -0.15) is 0 Å². The third kappa shape index (κ3) is 28.3. The van der Waals surface area contributed by atoms with Crippen LogP contribution < -0.4 is 14.2 Å². The number of benzene rings is 3. The van der Waals surface area contributed by atoms with E-state index in [1.165, 1.54) is 186 Å². The molecule has 0 saturated heterocycles. The lowest BCUT2D eigenvalue weighted by molar-refractivity contribution is -0.128. The Morgan fingerprint density at radius 3 is 1.13 bits per heavy atom. The Morgan fingerprint density at radius 2 is 0.746 bits per heavy atom. The zero-order valence-corrected chi connectivity index (χ0v) is 39.9. The van der Waals surface area contributed by atoms with Crippen molar-refractivity contribution in [2.75, 3.05) is 13.2 Å². The fourth-order valence-corrected chi connectivity index (χ4v) is 7.97. The summed E-state index contributed by atoms with van der Waals surface area (Å²) in [5.41, 5.74) is 2.24. The topological polar surface area (TPSA) is 61.8 Å². The summed E-state index contributed by atoms with van der Waals surface area (Å²) in [7, 11) is 0. The summed E-state index contributed by atoms with van der Waals surface area (Å²) in [5.74, 6) is 1.33. The minimum absolute atomic E-state index is 0.168. The van der Waals surface area contributed by atoms with E-state index in [2.05, 4.69) is 13.8 Å². The van der Waals surface area contributed by atoms with Crippen molar-refractivity contribution in [2.24, 2.45) is 0 Å². The van der Waals surface area contributed by atoms with Crippen molar-refractivity contribution in [3.8, 4) is 17.2 Å². The monoisotopic (exact) mass is 863 g/mol. The molecule has 0 heterocycles. The van der Waals surface area contributed by atoms with Gasteiger partial charge in [0.05, 0.1) is 13.2 Å². The highest BCUT2D eigenvalue weighted by atomic mass is 16.5. The second-order valence-electron chi connectivity index (χ2n) is 17.7. The second-order valence-corrected chi connectivity index (χ2v) is 17.7. The van der Waals surface area contributed by atoms with E-state index >= 15 is 0 Å². The molecule has 0 aliphatic heterocycles. The fraction of sp³-hybridized carbons (Fsp3) is 0.586. The minimum atomic E-state index is -0.509. The van der Waals surface area contributed by atoms with E-state index in [1.54, 1.807) is 42.5 Å². The number of unbranched alkanes of at least 4 members (excludes halogenated alkanes) is 28. The van der Waals surface area contributed by atoms with Crippen LogP contribution in [0.4, 0.5) is 0 Å². The number of ether oxygens (including phenoxy) is 3. The lowest BCUT2D eigenvalue weighted by atomic mass is 10.0. The first kappa shape index (κ1) is 53.2. The van der Waals surface area contributed by atoms with Crippen LogP contribution in [0.3, 0.4) is 0 Å². The van der Waals surface area contributed by atoms with Crippen LogP contribution in [0.2, 0.25) is 0 Å². The van der Waals surface area contributed by atoms with Gasteiger partial charge in [0.25, 0.3) is 0 Å². The Hall–Kier alpha value is -4.12. The summed E-state index contributed by atoms with van der Waals surface area (Å²) in [6, 6.07) is 22.3. The van der Waals surface area contributed by atoms with E-state index < -0.39 is 5.97 Å². The van der Waals surface area contributed by atoms with Gasteiger partial charge in [0, 0.05) is 11.6 Å². The molecule has 63 heavy (non-hydrogen) atoms. The molecule has 5 nitrogen and oxygen atoms in total. The summed E-state index contributed by atoms with van der Waals surface area (Å²) in [6.07, 6.45) is 47.0. The minimum Gasteiger partial charge on any atom is -0.494 e. The SMILES string of the molecule is CCCCCCCCCCCCCCCCCCOc1ccc(/C=C/C(=O)c2cccc(OC(=O)/C=C/c3ccc(OCCCCCCCCCCCCCCCC)cc3)c2)cc1. The Kier molecular flexibility index (Phi) is 31.5. The zero-order chi connectivity index (χ0) is 44.7. The largest absolute Gasteiger partial charge is 0.494 e. The molecule has 0 fully saturated rings. The molecule has 0 radical (unpaired) electrons. The molecule has 0 aromatic heterocycles. The van der Waals surface area contributed by atoms with Gasteiger partial charge in [-0.25, -0.2) is 4.79 Å². The predicted octanol–water partition coefficient (Wildman–Crippen LogP) is 17.7. The van der Waals surface area contributed by atoms with Gasteiger partial charge in [0.2, 0.25) is 0 Å². The molecule has 0 atom stereocenters. The van der Waals surface area contributed by atoms with Gasteiger partial charge in [-0.3, -0.25) is 4.79 Å². The lowest BCUT2D eigenvalue weighted by Crippen LogP contribution is -2.04. The van der Waals surface area contributed by atoms with Gasteiger partial charge in [-0.15, -0.1) is 0 Å². The maximum Gasteiger partial charge on any atom is 0.336 e. The van der Waals surface area contributed by atoms with Crippen LogP contribution in [0.1, 0.15) is 228 Å². The van der Waals surface area contributed by atoms with E-state index in [1.807, 2.05) is 48.5 Å². The maximum atomic E-state index is 13.0. The highest BCUT2D eigenvalue weighted by Gasteiger charge is 2.07. The number of carbonyl (C=O) groups excluding carboxylic acids is 2. The highest BCUT2D eigenvalue weighted by Crippen LogP contribution is 2.20. The number of hydrogen-bond donors (Lipinski definition) is 0. The summed E-state index contributed by atoms with van der Waals surface area (Å²) in [5, 5.41) is 0. The van der Waals surface area contributed by atoms with Crippen molar-refractivity contribution < 1.29 is 23.8 Å². The Morgan fingerprint density at radius 1 is 0.397 bits per heavy atom. The molecule has 3 aromatic carbocycles. The van der Waals surface area contributed by atoms with E-state index in [0.717, 1.165) is 48.7 Å². The molecule has 0 unspecified atom stereocenters. The third-order valence-corrected chi connectivity index (χ3v) is 12.0. The molecule has 0 bridgehead atoms. The van der Waals surface area contributed by atoms with Crippen LogP contribution in [-0.2, 0) is 4.79 Å². The van der Waals surface area contributed by atoms with Crippen molar-refractivity contribution in [3.63, 3.8) is 0 Å². The Bertz CT molecular complexity index is 1620. The predicted molar refractivity (Wildman–Crippen MR) is 268 cm³/mol. The number of ketones is 1. The summed E-state index contributed by atoms with van der Waals surface area (Å²) in [4.78, 5) is 25.6. The first-order chi connectivity index (χ1) is 31.1. The zero-order valence-electron chi connectivity index (χ0n) is 39.9. The van der Waals surface area contributed by atoms with Gasteiger partial charge in [-0.1, -0.05) is 236 Å². The lowest BCUT2D eigenvalue weighted by Gasteiger charge is -2.07. The smallest absolute Gasteiger partial charge is 0.336 e. The summed E-state index contributed by atoms with van der Waals surface area (Å²) >= 11 is 0. The number of rotatable bonds is 40. The Balaban J connectivity index is 1.21. The van der Waals surface area contributed by atoms with Crippen LogP contribution in [0, 0.1) is 0 Å². The average Bonchev–Trinajstić information content (AvgIpc) is 3.30. The van der Waals surface area contributed by atoms with Crippen molar-refractivity contribution in [2.45, 2.75) is 206 Å². The second kappa shape index (κ2) is 37.3. The van der Waals surface area contributed by atoms with Gasteiger partial charge in [0.15, 0.2) is 5.78 Å². The van der Waals surface area contributed by atoms with E-state index in [-0.39, 0.29) is 5.78 Å². The summed E-state index contributed by atoms with van der Waals surface area (Å²) in [6.45, 7) is 6.01. The van der Waals surface area contributed by atoms with Crippen LogP contribution in [-0.4, -0.2) is 25.0 Å². The van der Waals surface area contributed by atoms with Crippen LogP contribution in [0.15, 0.2) is 84.9 Å². The molecule has 0 aliphatic rings. The number of carbonyl (C=O) groups is 2. The number of allylic oxidation sites excluding steroid dienone is 1. The van der Waals surface area contributed by atoms with Crippen LogP contribution >= 0.6 is 0 Å². The molecule has 0 aliphatic carbocycles. The quantitative estimate of drug-likeness (QED) is 0.0187. The molecule has 0 saturated carbocycles. The van der Waals surface area contributed by atoms with Crippen molar-refractivity contribution in [1.29, 1.82) is 0 Å². The van der Waals surface area contributed by atoms with Crippen molar-refractivity contribution in [1.82, 2.24) is 0 Å². The van der Waals surface area contributed by atoms with Gasteiger partial charge in [0.1, 0.15) is 17.2 Å². The van der Waals surface area contributed by atoms with Gasteiger partial charge >= 0.3 is 5.97 Å². The molecule has 3 aromatic rings. The molecule has 0 amide bonds. The standard InChI is InChI=1S/C58H86O5/c1-3-5-7-9-11-13-15-17-19-20-22-24-26-28-29-31-48-61-54-42-36-51(37-43-54)40-46-57(59)53-34-33-35-56(50-53)63-58(60)47-41-52-38-44-55(45-39-52)62-49-32-30-27-25-23-21-18-16-14-12-10-8-6-4-2/h33-47,50H,3-32,48-49H2,1-2H3/b46-40+,47-41+. The third-order valence-electron chi connectivity index (χ3n) is 12.0. The first-order valence-electron chi connectivity index (χ1n) is 25.8. The van der Waals surface area contributed by atoms with Crippen molar-refractivity contribution in [3.05, 3.63) is 102 Å². The highest BCUT2D eigenvalue weighted by molar-refractivity contribution is 6.07. The fourth-order valence-electron chi connectivity index (χ4n) is 7.97. The number of esters is 1. The van der Waals surface area contributed by atoms with E-state index in [4.69, 9.17) is 14.2 Å². The maximum absolute atomic E-state index is 13.0. The molecular formula is C58H86O5. The van der Waals surface area contributed by atoms with Gasteiger partial charge in [-0.05, 0) is 72.5 Å². The molecule has 0 N–H and O–H groups in total. The normalized spacial score (nSPS) is 11.5. The van der Waals surface area contributed by atoms with Crippen molar-refractivity contribution >= 4 is 23.9 Å². The average molecular weight is 863 g/mol. The molecule has 0 spiro atoms. The van der Waals surface area contributed by atoms with E-state index in [9.17, 15) is 9.59 Å².